The Morgan fingerprint density at radius 1 is 1.26 bits per heavy atom. The van der Waals surface area contributed by atoms with Crippen molar-refractivity contribution in [1.29, 1.82) is 0 Å². The summed E-state index contributed by atoms with van der Waals surface area (Å²) in [5.41, 5.74) is 3.22. The number of aliphatic carboxylic acids is 1. The summed E-state index contributed by atoms with van der Waals surface area (Å²) in [5.74, 6) is -1.88. The maximum Gasteiger partial charge on any atom is 0.344 e. The SMILES string of the molecule is CCC(Oc1cccc(/C=C2\SC(=S)N(NC(=O)c3cccc(O)c3)C2=O)c1)C(=O)O. The van der Waals surface area contributed by atoms with Crippen molar-refractivity contribution in [3.05, 3.63) is 64.6 Å². The lowest BCUT2D eigenvalue weighted by molar-refractivity contribution is -0.145. The molecule has 0 saturated carbocycles. The predicted molar refractivity (Wildman–Crippen MR) is 119 cm³/mol. The van der Waals surface area contributed by atoms with E-state index in [0.717, 1.165) is 16.8 Å². The van der Waals surface area contributed by atoms with E-state index < -0.39 is 23.9 Å². The number of ether oxygens (including phenoxy) is 1. The molecule has 0 aromatic heterocycles. The van der Waals surface area contributed by atoms with Crippen molar-refractivity contribution in [2.45, 2.75) is 19.4 Å². The first-order valence-corrected chi connectivity index (χ1v) is 10.4. The fraction of sp³-hybridized carbons (Fsp3) is 0.143. The number of phenolic OH excluding ortho intramolecular Hbond substituents is 1. The Hall–Kier alpha value is -3.37. The average molecular weight is 459 g/mol. The molecular formula is C21H18N2O6S2. The third-order valence-electron chi connectivity index (χ3n) is 4.20. The Morgan fingerprint density at radius 3 is 2.68 bits per heavy atom. The first-order chi connectivity index (χ1) is 14.8. The van der Waals surface area contributed by atoms with Crippen LogP contribution in [0.1, 0.15) is 29.3 Å². The minimum Gasteiger partial charge on any atom is -0.508 e. The molecule has 1 saturated heterocycles. The van der Waals surface area contributed by atoms with Crippen molar-refractivity contribution in [2.75, 3.05) is 0 Å². The molecule has 1 aliphatic rings. The molecule has 2 amide bonds. The number of benzene rings is 2. The van der Waals surface area contributed by atoms with E-state index in [2.05, 4.69) is 5.43 Å². The first-order valence-electron chi connectivity index (χ1n) is 9.16. The van der Waals surface area contributed by atoms with E-state index >= 15 is 0 Å². The summed E-state index contributed by atoms with van der Waals surface area (Å²) in [6.07, 6.45) is 0.909. The van der Waals surface area contributed by atoms with Gasteiger partial charge in [0.05, 0.1) is 4.91 Å². The molecule has 2 aromatic rings. The van der Waals surface area contributed by atoms with Gasteiger partial charge < -0.3 is 14.9 Å². The molecule has 0 spiro atoms. The Balaban J connectivity index is 1.75. The summed E-state index contributed by atoms with van der Waals surface area (Å²) in [4.78, 5) is 36.6. The number of hydrogen-bond donors (Lipinski definition) is 3. The van der Waals surface area contributed by atoms with Crippen LogP contribution in [0.4, 0.5) is 0 Å². The molecule has 1 heterocycles. The van der Waals surface area contributed by atoms with Crippen LogP contribution in [0.3, 0.4) is 0 Å². The Labute approximate surface area is 187 Å². The van der Waals surface area contributed by atoms with E-state index in [4.69, 9.17) is 22.1 Å². The predicted octanol–water partition coefficient (Wildman–Crippen LogP) is 3.18. The zero-order valence-electron chi connectivity index (χ0n) is 16.3. The van der Waals surface area contributed by atoms with Crippen molar-refractivity contribution in [3.63, 3.8) is 0 Å². The van der Waals surface area contributed by atoms with E-state index in [1.54, 1.807) is 37.3 Å². The number of nitrogens with zero attached hydrogens (tertiary/aromatic N) is 1. The largest absolute Gasteiger partial charge is 0.508 e. The van der Waals surface area contributed by atoms with Crippen LogP contribution in [0.5, 0.6) is 11.5 Å². The Morgan fingerprint density at radius 2 is 2.00 bits per heavy atom. The molecule has 3 N–H and O–H groups in total. The lowest BCUT2D eigenvalue weighted by atomic mass is 10.2. The van der Waals surface area contributed by atoms with Crippen LogP contribution >= 0.6 is 24.0 Å². The smallest absolute Gasteiger partial charge is 0.344 e. The van der Waals surface area contributed by atoms with E-state index in [1.165, 1.54) is 24.3 Å². The number of hydrazine groups is 1. The molecular weight excluding hydrogens is 440 g/mol. The molecule has 0 bridgehead atoms. The van der Waals surface area contributed by atoms with Crippen molar-refractivity contribution in [3.8, 4) is 11.5 Å². The van der Waals surface area contributed by atoms with Gasteiger partial charge in [0, 0.05) is 5.56 Å². The van der Waals surface area contributed by atoms with Crippen LogP contribution in [-0.4, -0.2) is 43.4 Å². The molecule has 2 aromatic carbocycles. The molecule has 31 heavy (non-hydrogen) atoms. The van der Waals surface area contributed by atoms with Gasteiger partial charge in [0.15, 0.2) is 10.4 Å². The van der Waals surface area contributed by atoms with E-state index in [0.29, 0.717) is 17.7 Å². The summed E-state index contributed by atoms with van der Waals surface area (Å²) < 4.78 is 5.62. The molecule has 0 aliphatic carbocycles. The second-order valence-electron chi connectivity index (χ2n) is 6.43. The molecule has 1 aliphatic heterocycles. The van der Waals surface area contributed by atoms with Crippen molar-refractivity contribution in [2.24, 2.45) is 0 Å². The fourth-order valence-electron chi connectivity index (χ4n) is 2.68. The lowest BCUT2D eigenvalue weighted by Gasteiger charge is -2.15. The van der Waals surface area contributed by atoms with E-state index in [9.17, 15) is 19.5 Å². The number of carboxylic acids is 1. The Bertz CT molecular complexity index is 1090. The topological polar surface area (TPSA) is 116 Å². The van der Waals surface area contributed by atoms with Crippen molar-refractivity contribution < 1.29 is 29.3 Å². The molecule has 1 fully saturated rings. The molecule has 10 heteroatoms. The van der Waals surface area contributed by atoms with Crippen LogP contribution in [-0.2, 0) is 9.59 Å². The van der Waals surface area contributed by atoms with Crippen LogP contribution in [0.15, 0.2) is 53.4 Å². The van der Waals surface area contributed by atoms with E-state index in [-0.39, 0.29) is 20.5 Å². The van der Waals surface area contributed by atoms with E-state index in [1.807, 2.05) is 0 Å². The first kappa shape index (κ1) is 22.3. The number of phenols is 1. The highest BCUT2D eigenvalue weighted by atomic mass is 32.2. The Kier molecular flexibility index (Phi) is 6.93. The van der Waals surface area contributed by atoms with Gasteiger partial charge in [-0.2, -0.15) is 5.01 Å². The van der Waals surface area contributed by atoms with Gasteiger partial charge in [0.2, 0.25) is 0 Å². The quantitative estimate of drug-likeness (QED) is 0.428. The second-order valence-corrected chi connectivity index (χ2v) is 8.11. The number of thiocarbonyl (C=S) groups is 1. The summed E-state index contributed by atoms with van der Waals surface area (Å²) in [6.45, 7) is 1.71. The summed E-state index contributed by atoms with van der Waals surface area (Å²) in [6, 6.07) is 12.4. The average Bonchev–Trinajstić information content (AvgIpc) is 2.99. The van der Waals surface area contributed by atoms with Crippen molar-refractivity contribution >= 4 is 52.2 Å². The number of amides is 2. The highest BCUT2D eigenvalue weighted by molar-refractivity contribution is 8.26. The van der Waals surface area contributed by atoms with Gasteiger partial charge in [0.1, 0.15) is 11.5 Å². The molecule has 8 nitrogen and oxygen atoms in total. The van der Waals surface area contributed by atoms with Crippen LogP contribution < -0.4 is 10.2 Å². The van der Waals surface area contributed by atoms with Gasteiger partial charge in [-0.15, -0.1) is 0 Å². The van der Waals surface area contributed by atoms with Crippen LogP contribution in [0.25, 0.3) is 6.08 Å². The molecule has 1 unspecified atom stereocenters. The summed E-state index contributed by atoms with van der Waals surface area (Å²) in [7, 11) is 0. The molecule has 1 atom stereocenters. The highest BCUT2D eigenvalue weighted by Crippen LogP contribution is 2.32. The van der Waals surface area contributed by atoms with Gasteiger partial charge in [-0.05, 0) is 60.6 Å². The monoisotopic (exact) mass is 458 g/mol. The summed E-state index contributed by atoms with van der Waals surface area (Å²) in [5, 5.41) is 19.6. The normalized spacial score (nSPS) is 15.8. The number of nitrogens with one attached hydrogen (secondary N) is 1. The van der Waals surface area contributed by atoms with Gasteiger partial charge in [-0.3, -0.25) is 15.0 Å². The number of aromatic hydroxyl groups is 1. The van der Waals surface area contributed by atoms with Crippen LogP contribution in [0, 0.1) is 0 Å². The minimum atomic E-state index is -1.06. The van der Waals surface area contributed by atoms with Crippen molar-refractivity contribution in [1.82, 2.24) is 10.4 Å². The van der Waals surface area contributed by atoms with Gasteiger partial charge in [-0.25, -0.2) is 4.79 Å². The highest BCUT2D eigenvalue weighted by Gasteiger charge is 2.33. The van der Waals surface area contributed by atoms with Gasteiger partial charge in [-0.1, -0.05) is 36.9 Å². The van der Waals surface area contributed by atoms with Crippen LogP contribution in [0.2, 0.25) is 0 Å². The zero-order valence-corrected chi connectivity index (χ0v) is 17.9. The number of carbonyl (C=O) groups is 3. The molecule has 0 radical (unpaired) electrons. The number of thioether (sulfide) groups is 1. The maximum absolute atomic E-state index is 12.7. The molecule has 3 rings (SSSR count). The third kappa shape index (κ3) is 5.41. The number of rotatable bonds is 7. The zero-order chi connectivity index (χ0) is 22.5. The second kappa shape index (κ2) is 9.63. The van der Waals surface area contributed by atoms with Gasteiger partial charge >= 0.3 is 5.97 Å². The van der Waals surface area contributed by atoms with Gasteiger partial charge in [0.25, 0.3) is 11.8 Å². The summed E-state index contributed by atoms with van der Waals surface area (Å²) >= 11 is 6.22. The number of carbonyl (C=O) groups excluding carboxylic acids is 2. The number of carboxylic acid groups (broad SMARTS) is 1. The third-order valence-corrected chi connectivity index (χ3v) is 5.50. The standard InChI is InChI=1S/C21H18N2O6S2/c1-2-16(20(27)28)29-15-8-3-5-12(9-15)10-17-19(26)23(21(30)31-17)22-18(25)13-6-4-7-14(24)11-13/h3-11,16,24H,2H2,1H3,(H,22,25)(H,27,28)/b17-10-. The minimum absolute atomic E-state index is 0.0757. The lowest BCUT2D eigenvalue weighted by Crippen LogP contribution is -2.44. The number of hydrogen-bond acceptors (Lipinski definition) is 7. The fourth-order valence-corrected chi connectivity index (χ4v) is 3.86. The molecule has 160 valence electrons. The maximum atomic E-state index is 12.7.